The molecule has 0 saturated heterocycles. The van der Waals surface area contributed by atoms with E-state index >= 15 is 0 Å². The molecular weight excluding hydrogens is 392 g/mol. The zero-order valence-corrected chi connectivity index (χ0v) is 17.8. The summed E-state index contributed by atoms with van der Waals surface area (Å²) in [6.45, 7) is 0.449. The Kier molecular flexibility index (Phi) is 6.17. The molecule has 31 heavy (non-hydrogen) atoms. The maximum Gasteiger partial charge on any atom is 0.232 e. The van der Waals surface area contributed by atoms with Gasteiger partial charge in [0.25, 0.3) is 0 Å². The number of benzene rings is 3. The number of rotatable bonds is 8. The second-order valence-electron chi connectivity index (χ2n) is 7.03. The van der Waals surface area contributed by atoms with Crippen molar-refractivity contribution >= 4 is 11.0 Å². The van der Waals surface area contributed by atoms with Gasteiger partial charge in [0.2, 0.25) is 5.88 Å². The number of nitrogens with zero attached hydrogens (tertiary/aromatic N) is 2. The van der Waals surface area contributed by atoms with Crippen LogP contribution in [-0.4, -0.2) is 31.3 Å². The SMILES string of the molecule is COc1ccc(COc2ccc(Cc3ccc4ncc(OC)nc4c3)cc2OC)cc1. The summed E-state index contributed by atoms with van der Waals surface area (Å²) in [6, 6.07) is 19.9. The first-order valence-electron chi connectivity index (χ1n) is 9.91. The standard InChI is InChI=1S/C25H24N2O4/c1-28-20-8-4-17(5-9-20)16-31-23-11-7-19(14-24(23)29-2)12-18-6-10-21-22(13-18)27-25(30-3)15-26-21/h4-11,13-15H,12,16H2,1-3H3. The van der Waals surface area contributed by atoms with Crippen LogP contribution in [0.5, 0.6) is 23.1 Å². The van der Waals surface area contributed by atoms with Crippen molar-refractivity contribution in [3.63, 3.8) is 0 Å². The molecule has 0 aliphatic carbocycles. The van der Waals surface area contributed by atoms with Gasteiger partial charge in [0.1, 0.15) is 12.4 Å². The Bertz CT molecular complexity index is 1180. The first-order chi connectivity index (χ1) is 15.2. The molecule has 0 saturated carbocycles. The largest absolute Gasteiger partial charge is 0.497 e. The highest BCUT2D eigenvalue weighted by Crippen LogP contribution is 2.30. The Balaban J connectivity index is 1.48. The van der Waals surface area contributed by atoms with Gasteiger partial charge in [-0.05, 0) is 59.5 Å². The fraction of sp³-hybridized carbons (Fsp3) is 0.200. The van der Waals surface area contributed by atoms with Gasteiger partial charge >= 0.3 is 0 Å². The lowest BCUT2D eigenvalue weighted by Gasteiger charge is -2.13. The summed E-state index contributed by atoms with van der Waals surface area (Å²) < 4.78 is 21.9. The van der Waals surface area contributed by atoms with E-state index in [0.29, 0.717) is 24.0 Å². The first kappa shape index (κ1) is 20.5. The van der Waals surface area contributed by atoms with Crippen molar-refractivity contribution < 1.29 is 18.9 Å². The zero-order valence-electron chi connectivity index (χ0n) is 17.8. The normalized spacial score (nSPS) is 10.7. The molecule has 0 radical (unpaired) electrons. The minimum absolute atomic E-state index is 0.449. The van der Waals surface area contributed by atoms with E-state index in [1.807, 2.05) is 54.6 Å². The van der Waals surface area contributed by atoms with E-state index in [4.69, 9.17) is 18.9 Å². The van der Waals surface area contributed by atoms with Crippen LogP contribution >= 0.6 is 0 Å². The number of ether oxygens (including phenoxy) is 4. The summed E-state index contributed by atoms with van der Waals surface area (Å²) >= 11 is 0. The maximum absolute atomic E-state index is 5.98. The van der Waals surface area contributed by atoms with Crippen LogP contribution in [0.1, 0.15) is 16.7 Å². The third-order valence-electron chi connectivity index (χ3n) is 4.98. The molecule has 0 spiro atoms. The van der Waals surface area contributed by atoms with Gasteiger partial charge < -0.3 is 18.9 Å². The van der Waals surface area contributed by atoms with Crippen LogP contribution in [0.25, 0.3) is 11.0 Å². The highest BCUT2D eigenvalue weighted by molar-refractivity contribution is 5.75. The molecule has 6 heteroatoms. The van der Waals surface area contributed by atoms with Crippen molar-refractivity contribution in [2.24, 2.45) is 0 Å². The van der Waals surface area contributed by atoms with E-state index in [2.05, 4.69) is 16.0 Å². The molecule has 0 bridgehead atoms. The topological polar surface area (TPSA) is 62.7 Å². The highest BCUT2D eigenvalue weighted by Gasteiger charge is 2.08. The summed E-state index contributed by atoms with van der Waals surface area (Å²) in [4.78, 5) is 8.83. The van der Waals surface area contributed by atoms with Gasteiger partial charge in [-0.1, -0.05) is 24.3 Å². The fourth-order valence-electron chi connectivity index (χ4n) is 3.31. The van der Waals surface area contributed by atoms with Crippen molar-refractivity contribution in [1.82, 2.24) is 9.97 Å². The molecule has 4 rings (SSSR count). The second kappa shape index (κ2) is 9.34. The van der Waals surface area contributed by atoms with Gasteiger partial charge in [0, 0.05) is 0 Å². The third kappa shape index (κ3) is 4.86. The summed E-state index contributed by atoms with van der Waals surface area (Å²) in [5, 5.41) is 0. The van der Waals surface area contributed by atoms with Crippen molar-refractivity contribution in [3.05, 3.63) is 83.6 Å². The number of hydrogen-bond acceptors (Lipinski definition) is 6. The molecule has 0 N–H and O–H groups in total. The minimum Gasteiger partial charge on any atom is -0.497 e. The number of methoxy groups -OCH3 is 3. The van der Waals surface area contributed by atoms with Crippen LogP contribution in [0.3, 0.4) is 0 Å². The van der Waals surface area contributed by atoms with E-state index in [1.165, 1.54) is 0 Å². The molecule has 0 aliphatic rings. The lowest BCUT2D eigenvalue weighted by molar-refractivity contribution is 0.284. The van der Waals surface area contributed by atoms with Crippen LogP contribution in [-0.2, 0) is 13.0 Å². The third-order valence-corrected chi connectivity index (χ3v) is 4.98. The van der Waals surface area contributed by atoms with Gasteiger partial charge in [-0.15, -0.1) is 0 Å². The van der Waals surface area contributed by atoms with E-state index in [0.717, 1.165) is 39.9 Å². The predicted molar refractivity (Wildman–Crippen MR) is 119 cm³/mol. The van der Waals surface area contributed by atoms with E-state index in [1.54, 1.807) is 27.5 Å². The molecule has 0 amide bonds. The molecule has 0 atom stereocenters. The van der Waals surface area contributed by atoms with E-state index < -0.39 is 0 Å². The smallest absolute Gasteiger partial charge is 0.232 e. The van der Waals surface area contributed by atoms with Crippen LogP contribution in [0.15, 0.2) is 66.9 Å². The quantitative estimate of drug-likeness (QED) is 0.410. The predicted octanol–water partition coefficient (Wildman–Crippen LogP) is 4.83. The Labute approximate surface area is 181 Å². The van der Waals surface area contributed by atoms with E-state index in [9.17, 15) is 0 Å². The summed E-state index contributed by atoms with van der Waals surface area (Å²) in [6.07, 6.45) is 2.36. The highest BCUT2D eigenvalue weighted by atomic mass is 16.5. The average molecular weight is 416 g/mol. The Hall–Kier alpha value is -3.80. The van der Waals surface area contributed by atoms with Gasteiger partial charge in [0.15, 0.2) is 11.5 Å². The fourth-order valence-corrected chi connectivity index (χ4v) is 3.31. The van der Waals surface area contributed by atoms with Crippen LogP contribution in [0, 0.1) is 0 Å². The van der Waals surface area contributed by atoms with Crippen molar-refractivity contribution in [2.45, 2.75) is 13.0 Å². The molecule has 4 aromatic rings. The number of hydrogen-bond donors (Lipinski definition) is 0. The second-order valence-corrected chi connectivity index (χ2v) is 7.03. The zero-order chi connectivity index (χ0) is 21.6. The lowest BCUT2D eigenvalue weighted by atomic mass is 10.0. The van der Waals surface area contributed by atoms with Gasteiger partial charge in [-0.3, -0.25) is 0 Å². The molecule has 158 valence electrons. The van der Waals surface area contributed by atoms with Crippen LogP contribution in [0.2, 0.25) is 0 Å². The number of aromatic nitrogens is 2. The average Bonchev–Trinajstić information content (AvgIpc) is 2.83. The Morgan fingerprint density at radius 1 is 0.677 bits per heavy atom. The molecule has 1 aromatic heterocycles. The molecule has 0 fully saturated rings. The van der Waals surface area contributed by atoms with Crippen molar-refractivity contribution in [2.75, 3.05) is 21.3 Å². The molecule has 0 unspecified atom stereocenters. The van der Waals surface area contributed by atoms with Crippen molar-refractivity contribution in [3.8, 4) is 23.1 Å². The van der Waals surface area contributed by atoms with Gasteiger partial charge in [0.05, 0.1) is 38.6 Å². The summed E-state index contributed by atoms with van der Waals surface area (Å²) in [7, 11) is 4.89. The molecule has 0 aliphatic heterocycles. The summed E-state index contributed by atoms with van der Waals surface area (Å²) in [5.41, 5.74) is 4.94. The minimum atomic E-state index is 0.449. The first-order valence-corrected chi connectivity index (χ1v) is 9.91. The maximum atomic E-state index is 5.98. The molecule has 1 heterocycles. The molecular formula is C25H24N2O4. The Morgan fingerprint density at radius 3 is 2.16 bits per heavy atom. The Morgan fingerprint density at radius 2 is 1.42 bits per heavy atom. The monoisotopic (exact) mass is 416 g/mol. The lowest BCUT2D eigenvalue weighted by Crippen LogP contribution is -1.99. The van der Waals surface area contributed by atoms with Gasteiger partial charge in [-0.2, -0.15) is 0 Å². The summed E-state index contributed by atoms with van der Waals surface area (Å²) in [5.74, 6) is 2.73. The molecule has 6 nitrogen and oxygen atoms in total. The van der Waals surface area contributed by atoms with Crippen molar-refractivity contribution in [1.29, 1.82) is 0 Å². The molecule has 3 aromatic carbocycles. The van der Waals surface area contributed by atoms with Gasteiger partial charge in [-0.25, -0.2) is 9.97 Å². The number of fused-ring (bicyclic) bond motifs is 1. The van der Waals surface area contributed by atoms with E-state index in [-0.39, 0.29) is 0 Å². The van der Waals surface area contributed by atoms with Crippen LogP contribution in [0.4, 0.5) is 0 Å². The van der Waals surface area contributed by atoms with Crippen LogP contribution < -0.4 is 18.9 Å².